The fourth-order valence-electron chi connectivity index (χ4n) is 3.87. The number of hydrogen-bond donors (Lipinski definition) is 1. The molecule has 140 valence electrons. The lowest BCUT2D eigenvalue weighted by molar-refractivity contribution is -0.136. The number of benzene rings is 1. The summed E-state index contributed by atoms with van der Waals surface area (Å²) < 4.78 is 1.80. The fourth-order valence-corrected chi connectivity index (χ4v) is 4.17. The number of aromatic nitrogens is 2. The molecule has 3 amide bonds. The van der Waals surface area contributed by atoms with Crippen LogP contribution in [0.3, 0.4) is 0 Å². The van der Waals surface area contributed by atoms with E-state index < -0.39 is 11.9 Å². The number of carbonyl (C=O) groups is 3. The Kier molecular flexibility index (Phi) is 3.73. The van der Waals surface area contributed by atoms with E-state index in [2.05, 4.69) is 10.3 Å². The Balaban J connectivity index is 1.50. The minimum absolute atomic E-state index is 0.197. The lowest BCUT2D eigenvalue weighted by Crippen LogP contribution is -2.52. The average molecular weight is 395 g/mol. The highest BCUT2D eigenvalue weighted by molar-refractivity contribution is 6.32. The molecule has 0 aliphatic carbocycles. The quantitative estimate of drug-likeness (QED) is 0.676. The first kappa shape index (κ1) is 16.9. The number of nitrogens with one attached hydrogen (secondary N) is 1. The zero-order chi connectivity index (χ0) is 19.4. The van der Waals surface area contributed by atoms with Crippen molar-refractivity contribution in [2.75, 3.05) is 0 Å². The van der Waals surface area contributed by atoms with Gasteiger partial charge in [-0.3, -0.25) is 24.1 Å². The molecule has 2 aliphatic rings. The van der Waals surface area contributed by atoms with Crippen molar-refractivity contribution in [1.82, 2.24) is 19.6 Å². The Morgan fingerprint density at radius 2 is 2.00 bits per heavy atom. The molecule has 7 nitrogen and oxygen atoms in total. The molecule has 0 radical (unpaired) electrons. The summed E-state index contributed by atoms with van der Waals surface area (Å²) in [6, 6.07) is 10.5. The van der Waals surface area contributed by atoms with Crippen LogP contribution in [0, 0.1) is 0 Å². The topological polar surface area (TPSA) is 83.8 Å². The number of halogens is 1. The number of nitrogens with zero attached hydrogens (tertiary/aromatic N) is 3. The molecule has 8 heteroatoms. The number of carbonyl (C=O) groups excluding carboxylic acids is 3. The Hall–Kier alpha value is -3.19. The van der Waals surface area contributed by atoms with Gasteiger partial charge in [0.25, 0.3) is 5.91 Å². The molecule has 28 heavy (non-hydrogen) atoms. The second kappa shape index (κ2) is 6.17. The van der Waals surface area contributed by atoms with Gasteiger partial charge in [-0.05, 0) is 36.2 Å². The van der Waals surface area contributed by atoms with E-state index in [1.165, 1.54) is 4.90 Å². The third kappa shape index (κ3) is 2.51. The number of pyridine rings is 1. The number of hydrogen-bond acceptors (Lipinski definition) is 4. The van der Waals surface area contributed by atoms with E-state index in [-0.39, 0.29) is 18.2 Å². The molecule has 2 aromatic heterocycles. The molecule has 1 fully saturated rings. The highest BCUT2D eigenvalue weighted by atomic mass is 35.5. The molecule has 3 aromatic rings. The second-order valence-corrected chi connectivity index (χ2v) is 7.31. The number of imidazole rings is 1. The summed E-state index contributed by atoms with van der Waals surface area (Å²) in [5.74, 6) is -0.910. The van der Waals surface area contributed by atoms with Gasteiger partial charge in [-0.2, -0.15) is 0 Å². The van der Waals surface area contributed by atoms with Crippen molar-refractivity contribution in [1.29, 1.82) is 0 Å². The van der Waals surface area contributed by atoms with Crippen LogP contribution in [0.1, 0.15) is 28.8 Å². The predicted octanol–water partition coefficient (Wildman–Crippen LogP) is 2.42. The Morgan fingerprint density at radius 3 is 2.79 bits per heavy atom. The lowest BCUT2D eigenvalue weighted by atomic mass is 10.0. The molecule has 2 aliphatic heterocycles. The van der Waals surface area contributed by atoms with Crippen molar-refractivity contribution >= 4 is 35.0 Å². The maximum atomic E-state index is 12.8. The molecular formula is C20H15ClN4O3. The summed E-state index contributed by atoms with van der Waals surface area (Å²) in [7, 11) is 0. The molecule has 5 rings (SSSR count). The van der Waals surface area contributed by atoms with Crippen molar-refractivity contribution in [3.05, 3.63) is 58.9 Å². The second-order valence-electron chi connectivity index (χ2n) is 6.95. The smallest absolute Gasteiger partial charge is 0.255 e. The van der Waals surface area contributed by atoms with Gasteiger partial charge in [0.05, 0.1) is 0 Å². The van der Waals surface area contributed by atoms with Gasteiger partial charge < -0.3 is 4.90 Å². The molecule has 0 bridgehead atoms. The van der Waals surface area contributed by atoms with E-state index >= 15 is 0 Å². The summed E-state index contributed by atoms with van der Waals surface area (Å²) in [5.41, 5.74) is 3.57. The summed E-state index contributed by atoms with van der Waals surface area (Å²) >= 11 is 6.49. The van der Waals surface area contributed by atoms with Crippen molar-refractivity contribution in [3.8, 4) is 11.3 Å². The largest absolute Gasteiger partial charge is 0.322 e. The van der Waals surface area contributed by atoms with E-state index in [4.69, 9.17) is 11.6 Å². The van der Waals surface area contributed by atoms with E-state index in [1.54, 1.807) is 10.5 Å². The van der Waals surface area contributed by atoms with Gasteiger partial charge in [-0.25, -0.2) is 4.98 Å². The first-order valence-electron chi connectivity index (χ1n) is 8.93. The Labute approximate surface area is 164 Å². The summed E-state index contributed by atoms with van der Waals surface area (Å²) in [6.45, 7) is 0.319. The molecule has 0 saturated carbocycles. The molecule has 1 unspecified atom stereocenters. The van der Waals surface area contributed by atoms with Crippen LogP contribution in [0.15, 0.2) is 42.6 Å². The first-order valence-corrected chi connectivity index (χ1v) is 9.31. The standard InChI is InChI=1S/C20H15ClN4O3/c21-18-17(22-15-3-1-2-8-24(15)18)11-4-5-13-12(9-11)10-25(20(13)28)14-6-7-16(26)23-19(14)27/h1-5,8-9,14H,6-7,10H2,(H,23,26,27). The van der Waals surface area contributed by atoms with Gasteiger partial charge in [-0.1, -0.05) is 23.7 Å². The maximum absolute atomic E-state index is 12.8. The fraction of sp³-hybridized carbons (Fsp3) is 0.200. The molecule has 1 saturated heterocycles. The number of amides is 3. The first-order chi connectivity index (χ1) is 13.5. The summed E-state index contributed by atoms with van der Waals surface area (Å²) in [5, 5.41) is 2.81. The van der Waals surface area contributed by atoms with Crippen LogP contribution >= 0.6 is 11.6 Å². The number of piperidine rings is 1. The third-order valence-corrected chi connectivity index (χ3v) is 5.63. The van der Waals surface area contributed by atoms with Crippen molar-refractivity contribution in [3.63, 3.8) is 0 Å². The Bertz CT molecular complexity index is 1170. The minimum Gasteiger partial charge on any atom is -0.322 e. The van der Waals surface area contributed by atoms with Crippen LogP contribution in [-0.4, -0.2) is 38.0 Å². The van der Waals surface area contributed by atoms with Gasteiger partial charge in [0.2, 0.25) is 11.8 Å². The van der Waals surface area contributed by atoms with E-state index in [0.717, 1.165) is 16.8 Å². The number of fused-ring (bicyclic) bond motifs is 2. The van der Waals surface area contributed by atoms with Crippen LogP contribution < -0.4 is 5.32 Å². The summed E-state index contributed by atoms with van der Waals surface area (Å²) in [6.07, 6.45) is 2.42. The molecular weight excluding hydrogens is 380 g/mol. The van der Waals surface area contributed by atoms with Crippen LogP contribution in [0.5, 0.6) is 0 Å². The van der Waals surface area contributed by atoms with Gasteiger partial charge in [0.15, 0.2) is 0 Å². The predicted molar refractivity (Wildman–Crippen MR) is 102 cm³/mol. The maximum Gasteiger partial charge on any atom is 0.255 e. The number of rotatable bonds is 2. The van der Waals surface area contributed by atoms with Crippen molar-refractivity contribution in [2.45, 2.75) is 25.4 Å². The zero-order valence-electron chi connectivity index (χ0n) is 14.7. The highest BCUT2D eigenvalue weighted by Crippen LogP contribution is 2.33. The Morgan fingerprint density at radius 1 is 1.14 bits per heavy atom. The molecule has 4 heterocycles. The normalized spacial score (nSPS) is 19.2. The van der Waals surface area contributed by atoms with Crippen molar-refractivity contribution in [2.24, 2.45) is 0 Å². The average Bonchev–Trinajstić information content (AvgIpc) is 3.19. The zero-order valence-corrected chi connectivity index (χ0v) is 15.4. The van der Waals surface area contributed by atoms with Crippen LogP contribution in [-0.2, 0) is 16.1 Å². The third-order valence-electron chi connectivity index (χ3n) is 5.27. The molecule has 1 N–H and O–H groups in total. The summed E-state index contributed by atoms with van der Waals surface area (Å²) in [4.78, 5) is 42.5. The molecule has 0 spiro atoms. The van der Waals surface area contributed by atoms with Crippen LogP contribution in [0.2, 0.25) is 5.15 Å². The van der Waals surface area contributed by atoms with Crippen LogP contribution in [0.4, 0.5) is 0 Å². The monoisotopic (exact) mass is 394 g/mol. The van der Waals surface area contributed by atoms with Gasteiger partial charge in [-0.15, -0.1) is 0 Å². The van der Waals surface area contributed by atoms with Gasteiger partial charge >= 0.3 is 0 Å². The van der Waals surface area contributed by atoms with E-state index in [9.17, 15) is 14.4 Å². The van der Waals surface area contributed by atoms with Crippen LogP contribution in [0.25, 0.3) is 16.9 Å². The van der Waals surface area contributed by atoms with Crippen molar-refractivity contribution < 1.29 is 14.4 Å². The lowest BCUT2D eigenvalue weighted by Gasteiger charge is -2.29. The molecule has 1 atom stereocenters. The minimum atomic E-state index is -0.625. The molecule has 1 aromatic carbocycles. The van der Waals surface area contributed by atoms with Gasteiger partial charge in [0, 0.05) is 30.3 Å². The van der Waals surface area contributed by atoms with E-state index in [1.807, 2.05) is 36.5 Å². The number of imide groups is 1. The highest BCUT2D eigenvalue weighted by Gasteiger charge is 2.39. The van der Waals surface area contributed by atoms with E-state index in [0.29, 0.717) is 29.4 Å². The SMILES string of the molecule is O=C1CCC(N2Cc3cc(-c4nc5ccccn5c4Cl)ccc3C2=O)C(=O)N1. The van der Waals surface area contributed by atoms with Gasteiger partial charge in [0.1, 0.15) is 22.5 Å².